The van der Waals surface area contributed by atoms with Crippen LogP contribution in [0.4, 0.5) is 5.69 Å². The maximum absolute atomic E-state index is 5.39. The Bertz CT molecular complexity index is 604. The molecule has 0 aliphatic rings. The first-order chi connectivity index (χ1) is 10.7. The zero-order valence-corrected chi connectivity index (χ0v) is 15.3. The lowest BCUT2D eigenvalue weighted by atomic mass is 10.1. The molecule has 2 rings (SSSR count). The second-order valence-corrected chi connectivity index (χ2v) is 5.81. The standard InChI is InChI=1S/C18H27N3O.ClH/c1-5-10-21(14(2)3)11-9-19-17-13-16(22-4)12-15-7-6-8-20-18(15)17;/h6-8,12-14,19H,5,9-11H2,1-4H3;1H. The number of nitrogens with zero attached hydrogens (tertiary/aromatic N) is 2. The number of anilines is 1. The molecule has 0 saturated carbocycles. The highest BCUT2D eigenvalue weighted by Crippen LogP contribution is 2.27. The monoisotopic (exact) mass is 337 g/mol. The van der Waals surface area contributed by atoms with Crippen molar-refractivity contribution in [1.82, 2.24) is 9.88 Å². The Morgan fingerprint density at radius 1 is 1.26 bits per heavy atom. The number of rotatable bonds is 8. The summed E-state index contributed by atoms with van der Waals surface area (Å²) in [6.07, 6.45) is 3.01. The van der Waals surface area contributed by atoms with Crippen LogP contribution < -0.4 is 10.1 Å². The smallest absolute Gasteiger partial charge is 0.121 e. The molecule has 0 amide bonds. The molecule has 0 atom stereocenters. The topological polar surface area (TPSA) is 37.4 Å². The fraction of sp³-hybridized carbons (Fsp3) is 0.500. The van der Waals surface area contributed by atoms with E-state index in [0.717, 1.165) is 42.0 Å². The quantitative estimate of drug-likeness (QED) is 0.783. The summed E-state index contributed by atoms with van der Waals surface area (Å²) in [6, 6.07) is 8.63. The molecule has 0 radical (unpaired) electrons. The van der Waals surface area contributed by atoms with Crippen LogP contribution in [0.3, 0.4) is 0 Å². The van der Waals surface area contributed by atoms with Crippen molar-refractivity contribution in [1.29, 1.82) is 0 Å². The van der Waals surface area contributed by atoms with Gasteiger partial charge in [-0.1, -0.05) is 13.0 Å². The second-order valence-electron chi connectivity index (χ2n) is 5.81. The lowest BCUT2D eigenvalue weighted by molar-refractivity contribution is 0.231. The van der Waals surface area contributed by atoms with Crippen LogP contribution in [0.15, 0.2) is 30.5 Å². The highest BCUT2D eigenvalue weighted by atomic mass is 35.5. The summed E-state index contributed by atoms with van der Waals surface area (Å²) in [4.78, 5) is 6.98. The van der Waals surface area contributed by atoms with Crippen LogP contribution >= 0.6 is 12.4 Å². The molecule has 2 aromatic rings. The summed E-state index contributed by atoms with van der Waals surface area (Å²) in [5.41, 5.74) is 2.03. The minimum atomic E-state index is 0. The Hall–Kier alpha value is -1.52. The lowest BCUT2D eigenvalue weighted by Crippen LogP contribution is -2.35. The Morgan fingerprint density at radius 3 is 2.70 bits per heavy atom. The minimum absolute atomic E-state index is 0. The van der Waals surface area contributed by atoms with Crippen LogP contribution in [0.1, 0.15) is 27.2 Å². The number of ether oxygens (including phenoxy) is 1. The van der Waals surface area contributed by atoms with Gasteiger partial charge in [0.05, 0.1) is 18.3 Å². The lowest BCUT2D eigenvalue weighted by Gasteiger charge is -2.26. The van der Waals surface area contributed by atoms with E-state index in [1.807, 2.05) is 24.4 Å². The number of hydrogen-bond donors (Lipinski definition) is 1. The summed E-state index contributed by atoms with van der Waals surface area (Å²) in [6.45, 7) is 9.78. The molecule has 4 nitrogen and oxygen atoms in total. The summed E-state index contributed by atoms with van der Waals surface area (Å²) < 4.78 is 5.39. The molecule has 23 heavy (non-hydrogen) atoms. The molecule has 0 saturated heterocycles. The van der Waals surface area contributed by atoms with Crippen molar-refractivity contribution in [2.24, 2.45) is 0 Å². The third-order valence-electron chi connectivity index (χ3n) is 3.87. The number of fused-ring (bicyclic) bond motifs is 1. The Kier molecular flexibility index (Phi) is 8.13. The minimum Gasteiger partial charge on any atom is -0.497 e. The van der Waals surface area contributed by atoms with Crippen LogP contribution in [0.5, 0.6) is 5.75 Å². The number of aromatic nitrogens is 1. The maximum Gasteiger partial charge on any atom is 0.121 e. The van der Waals surface area contributed by atoms with Gasteiger partial charge >= 0.3 is 0 Å². The molecule has 0 aliphatic carbocycles. The first-order valence-electron chi connectivity index (χ1n) is 8.06. The second kappa shape index (κ2) is 9.58. The SMILES string of the molecule is CCCN(CCNc1cc(OC)cc2cccnc12)C(C)C.Cl. The highest BCUT2D eigenvalue weighted by Gasteiger charge is 2.09. The predicted molar refractivity (Wildman–Crippen MR) is 101 cm³/mol. The van der Waals surface area contributed by atoms with E-state index in [4.69, 9.17) is 4.74 Å². The third kappa shape index (κ3) is 5.26. The molecule has 0 fully saturated rings. The zero-order chi connectivity index (χ0) is 15.9. The molecule has 1 N–H and O–H groups in total. The highest BCUT2D eigenvalue weighted by molar-refractivity contribution is 5.91. The van der Waals surface area contributed by atoms with Gasteiger partial charge in [-0.05, 0) is 38.9 Å². The van der Waals surface area contributed by atoms with Gasteiger partial charge in [0.2, 0.25) is 0 Å². The number of nitrogens with one attached hydrogen (secondary N) is 1. The normalized spacial score (nSPS) is 10.9. The molecule has 128 valence electrons. The van der Waals surface area contributed by atoms with Gasteiger partial charge in [0.15, 0.2) is 0 Å². The first-order valence-corrected chi connectivity index (χ1v) is 8.06. The Morgan fingerprint density at radius 2 is 2.04 bits per heavy atom. The van der Waals surface area contributed by atoms with Gasteiger partial charge in [-0.15, -0.1) is 12.4 Å². The number of methoxy groups -OCH3 is 1. The molecule has 0 unspecified atom stereocenters. The third-order valence-corrected chi connectivity index (χ3v) is 3.87. The first kappa shape index (κ1) is 19.5. The van der Waals surface area contributed by atoms with Gasteiger partial charge in [-0.3, -0.25) is 9.88 Å². The van der Waals surface area contributed by atoms with Crippen molar-refractivity contribution in [2.45, 2.75) is 33.2 Å². The average Bonchev–Trinajstić information content (AvgIpc) is 2.53. The van der Waals surface area contributed by atoms with E-state index in [0.29, 0.717) is 6.04 Å². The fourth-order valence-electron chi connectivity index (χ4n) is 2.67. The van der Waals surface area contributed by atoms with Crippen molar-refractivity contribution in [3.8, 4) is 5.75 Å². The fourth-order valence-corrected chi connectivity index (χ4v) is 2.67. The average molecular weight is 338 g/mol. The number of halogens is 1. The van der Waals surface area contributed by atoms with Crippen molar-refractivity contribution in [3.05, 3.63) is 30.5 Å². The van der Waals surface area contributed by atoms with Crippen molar-refractivity contribution in [2.75, 3.05) is 32.1 Å². The molecule has 5 heteroatoms. The Balaban J connectivity index is 0.00000264. The van der Waals surface area contributed by atoms with E-state index in [1.54, 1.807) is 7.11 Å². The van der Waals surface area contributed by atoms with E-state index >= 15 is 0 Å². The largest absolute Gasteiger partial charge is 0.497 e. The molecule has 1 aromatic heterocycles. The molecule has 0 bridgehead atoms. The van der Waals surface area contributed by atoms with Gasteiger partial charge in [0.25, 0.3) is 0 Å². The number of benzene rings is 1. The summed E-state index contributed by atoms with van der Waals surface area (Å²) >= 11 is 0. The predicted octanol–water partition coefficient (Wildman–Crippen LogP) is 4.20. The van der Waals surface area contributed by atoms with Crippen molar-refractivity contribution >= 4 is 29.0 Å². The number of hydrogen-bond acceptors (Lipinski definition) is 4. The van der Waals surface area contributed by atoms with E-state index in [9.17, 15) is 0 Å². The van der Waals surface area contributed by atoms with Gasteiger partial charge in [-0.25, -0.2) is 0 Å². The van der Waals surface area contributed by atoms with Crippen LogP contribution in [0.2, 0.25) is 0 Å². The maximum atomic E-state index is 5.39. The van der Waals surface area contributed by atoms with E-state index in [1.165, 1.54) is 6.42 Å². The summed E-state index contributed by atoms with van der Waals surface area (Å²) in [5.74, 6) is 0.859. The van der Waals surface area contributed by atoms with Crippen molar-refractivity contribution in [3.63, 3.8) is 0 Å². The number of pyridine rings is 1. The van der Waals surface area contributed by atoms with Gasteiger partial charge < -0.3 is 10.1 Å². The van der Waals surface area contributed by atoms with E-state index in [2.05, 4.69) is 42.0 Å². The summed E-state index contributed by atoms with van der Waals surface area (Å²) in [5, 5.41) is 4.62. The van der Waals surface area contributed by atoms with Crippen LogP contribution in [-0.2, 0) is 0 Å². The molecule has 1 heterocycles. The summed E-state index contributed by atoms with van der Waals surface area (Å²) in [7, 11) is 1.70. The molecule has 0 aliphatic heterocycles. The van der Waals surface area contributed by atoms with Crippen LogP contribution in [-0.4, -0.2) is 42.7 Å². The molecular weight excluding hydrogens is 310 g/mol. The molecule has 0 spiro atoms. The van der Waals surface area contributed by atoms with Gasteiger partial charge in [-0.2, -0.15) is 0 Å². The van der Waals surface area contributed by atoms with Crippen molar-refractivity contribution < 1.29 is 4.74 Å². The Labute approximate surface area is 145 Å². The zero-order valence-electron chi connectivity index (χ0n) is 14.5. The van der Waals surface area contributed by atoms with Crippen LogP contribution in [0.25, 0.3) is 10.9 Å². The van der Waals surface area contributed by atoms with Gasteiger partial charge in [0, 0.05) is 36.8 Å². The molecular formula is C18H28ClN3O. The van der Waals surface area contributed by atoms with E-state index < -0.39 is 0 Å². The van der Waals surface area contributed by atoms with Gasteiger partial charge in [0.1, 0.15) is 5.75 Å². The van der Waals surface area contributed by atoms with Crippen LogP contribution in [0, 0.1) is 0 Å². The molecule has 1 aromatic carbocycles. The van der Waals surface area contributed by atoms with E-state index in [-0.39, 0.29) is 12.4 Å².